The Kier molecular flexibility index (Phi) is 4.24. The second-order valence-electron chi connectivity index (χ2n) is 6.40. The van der Waals surface area contributed by atoms with Gasteiger partial charge in [-0.1, -0.05) is 81.2 Å². The normalized spacial score (nSPS) is 13.0. The molecule has 0 saturated heterocycles. The average Bonchev–Trinajstić information content (AvgIpc) is 2.46. The van der Waals surface area contributed by atoms with Crippen molar-refractivity contribution in [1.29, 1.82) is 0 Å². The first kappa shape index (κ1) is 14.7. The lowest BCUT2D eigenvalue weighted by molar-refractivity contribution is 0.103. The minimum atomic E-state index is -1.19. The number of hydrogen-bond acceptors (Lipinski definition) is 1. The van der Waals surface area contributed by atoms with E-state index in [4.69, 9.17) is 0 Å². The Morgan fingerprint density at radius 3 is 1.85 bits per heavy atom. The van der Waals surface area contributed by atoms with E-state index in [0.29, 0.717) is 5.54 Å². The van der Waals surface area contributed by atoms with Gasteiger partial charge >= 0.3 is 0 Å². The van der Waals surface area contributed by atoms with E-state index in [1.807, 2.05) is 42.5 Å². The Bertz CT molecular complexity index is 579. The molecule has 2 aromatic carbocycles. The summed E-state index contributed by atoms with van der Waals surface area (Å²) in [4.78, 5) is 12.3. The molecule has 0 bridgehead atoms. The predicted octanol–water partition coefficient (Wildman–Crippen LogP) is 4.90. The number of ketones is 1. The van der Waals surface area contributed by atoms with Gasteiger partial charge < -0.3 is 0 Å². The van der Waals surface area contributed by atoms with Gasteiger partial charge in [-0.2, -0.15) is 0 Å². The highest BCUT2D eigenvalue weighted by atomic mass is 28.3. The Morgan fingerprint density at radius 1 is 0.850 bits per heavy atom. The first-order valence-electron chi connectivity index (χ1n) is 7.09. The van der Waals surface area contributed by atoms with Crippen LogP contribution in [0.2, 0.25) is 19.6 Å². The lowest BCUT2D eigenvalue weighted by atomic mass is 10.0. The van der Waals surface area contributed by atoms with Crippen molar-refractivity contribution in [2.24, 2.45) is 0 Å². The Balaban J connectivity index is 2.23. The van der Waals surface area contributed by atoms with E-state index in [1.54, 1.807) is 0 Å². The fourth-order valence-corrected chi connectivity index (χ4v) is 3.37. The van der Waals surface area contributed by atoms with Crippen LogP contribution in [0.25, 0.3) is 0 Å². The first-order valence-corrected chi connectivity index (χ1v) is 10.7. The molecule has 0 fully saturated rings. The SMILES string of the molecule is CC(c1ccc(C(=O)c2ccccc2)cc1)[Si](C)(C)C. The van der Waals surface area contributed by atoms with Crippen LogP contribution in [-0.4, -0.2) is 13.9 Å². The van der Waals surface area contributed by atoms with Crippen LogP contribution in [0.1, 0.15) is 33.9 Å². The van der Waals surface area contributed by atoms with E-state index in [1.165, 1.54) is 5.56 Å². The van der Waals surface area contributed by atoms with Gasteiger partial charge in [-0.3, -0.25) is 4.79 Å². The monoisotopic (exact) mass is 282 g/mol. The van der Waals surface area contributed by atoms with Crippen molar-refractivity contribution < 1.29 is 4.79 Å². The molecule has 0 aliphatic carbocycles. The van der Waals surface area contributed by atoms with E-state index in [0.717, 1.165) is 11.1 Å². The largest absolute Gasteiger partial charge is 0.289 e. The molecule has 0 spiro atoms. The molecule has 0 radical (unpaired) electrons. The molecule has 2 rings (SSSR count). The minimum absolute atomic E-state index is 0.0952. The molecule has 2 aromatic rings. The zero-order valence-electron chi connectivity index (χ0n) is 12.7. The zero-order valence-corrected chi connectivity index (χ0v) is 13.7. The average molecular weight is 282 g/mol. The smallest absolute Gasteiger partial charge is 0.193 e. The van der Waals surface area contributed by atoms with Crippen molar-refractivity contribution in [2.75, 3.05) is 0 Å². The molecule has 2 heteroatoms. The molecule has 104 valence electrons. The van der Waals surface area contributed by atoms with Gasteiger partial charge in [0.15, 0.2) is 5.78 Å². The van der Waals surface area contributed by atoms with Gasteiger partial charge in [0, 0.05) is 11.1 Å². The molecule has 0 saturated carbocycles. The van der Waals surface area contributed by atoms with Gasteiger partial charge in [0.2, 0.25) is 0 Å². The minimum Gasteiger partial charge on any atom is -0.289 e. The molecule has 1 nitrogen and oxygen atoms in total. The van der Waals surface area contributed by atoms with Gasteiger partial charge in [0.25, 0.3) is 0 Å². The van der Waals surface area contributed by atoms with E-state index < -0.39 is 8.07 Å². The van der Waals surface area contributed by atoms with Crippen molar-refractivity contribution in [2.45, 2.75) is 32.1 Å². The molecule has 0 aliphatic rings. The number of carbonyl (C=O) groups excluding carboxylic acids is 1. The quantitative estimate of drug-likeness (QED) is 0.576. The van der Waals surface area contributed by atoms with E-state index in [2.05, 4.69) is 38.7 Å². The Labute approximate surface area is 122 Å². The summed E-state index contributed by atoms with van der Waals surface area (Å²) >= 11 is 0. The van der Waals surface area contributed by atoms with E-state index in [-0.39, 0.29) is 5.78 Å². The van der Waals surface area contributed by atoms with Crippen molar-refractivity contribution in [1.82, 2.24) is 0 Å². The Hall–Kier alpha value is -1.67. The highest BCUT2D eigenvalue weighted by Gasteiger charge is 2.23. The molecule has 0 aliphatic heterocycles. The third-order valence-corrected chi connectivity index (χ3v) is 6.94. The number of hydrogen-bond donors (Lipinski definition) is 0. The van der Waals surface area contributed by atoms with Crippen molar-refractivity contribution in [3.63, 3.8) is 0 Å². The van der Waals surface area contributed by atoms with E-state index >= 15 is 0 Å². The summed E-state index contributed by atoms with van der Waals surface area (Å²) in [5.74, 6) is 0.0952. The van der Waals surface area contributed by atoms with Crippen molar-refractivity contribution in [3.8, 4) is 0 Å². The van der Waals surface area contributed by atoms with Gasteiger partial charge in [-0.15, -0.1) is 0 Å². The summed E-state index contributed by atoms with van der Waals surface area (Å²) in [6, 6.07) is 17.6. The van der Waals surface area contributed by atoms with Crippen LogP contribution in [0, 0.1) is 0 Å². The summed E-state index contributed by atoms with van der Waals surface area (Å²) in [6.45, 7) is 9.42. The third-order valence-electron chi connectivity index (χ3n) is 4.01. The van der Waals surface area contributed by atoms with Crippen LogP contribution in [0.3, 0.4) is 0 Å². The van der Waals surface area contributed by atoms with Gasteiger partial charge in [-0.05, 0) is 11.1 Å². The Morgan fingerprint density at radius 2 is 1.35 bits per heavy atom. The molecular weight excluding hydrogens is 260 g/mol. The van der Waals surface area contributed by atoms with Gasteiger partial charge in [0.1, 0.15) is 0 Å². The van der Waals surface area contributed by atoms with Gasteiger partial charge in [0.05, 0.1) is 8.07 Å². The fraction of sp³-hybridized carbons (Fsp3) is 0.278. The van der Waals surface area contributed by atoms with Crippen molar-refractivity contribution >= 4 is 13.9 Å². The number of carbonyl (C=O) groups is 1. The molecular formula is C18H22OSi. The maximum atomic E-state index is 12.3. The van der Waals surface area contributed by atoms with Gasteiger partial charge in [-0.25, -0.2) is 0 Å². The van der Waals surface area contributed by atoms with Crippen LogP contribution in [-0.2, 0) is 0 Å². The topological polar surface area (TPSA) is 17.1 Å². The molecule has 0 heterocycles. The van der Waals surface area contributed by atoms with Crippen LogP contribution in [0.15, 0.2) is 54.6 Å². The van der Waals surface area contributed by atoms with Crippen LogP contribution < -0.4 is 0 Å². The molecule has 0 amide bonds. The number of benzene rings is 2. The summed E-state index contributed by atoms with van der Waals surface area (Å²) in [6.07, 6.45) is 0. The lowest BCUT2D eigenvalue weighted by Gasteiger charge is -2.25. The molecule has 0 aromatic heterocycles. The molecule has 20 heavy (non-hydrogen) atoms. The van der Waals surface area contributed by atoms with Crippen LogP contribution in [0.4, 0.5) is 0 Å². The second kappa shape index (κ2) is 5.76. The van der Waals surface area contributed by atoms with Crippen molar-refractivity contribution in [3.05, 3.63) is 71.3 Å². The van der Waals surface area contributed by atoms with Crippen LogP contribution in [0.5, 0.6) is 0 Å². The second-order valence-corrected chi connectivity index (χ2v) is 12.0. The molecule has 1 unspecified atom stereocenters. The summed E-state index contributed by atoms with van der Waals surface area (Å²) < 4.78 is 0. The molecule has 0 N–H and O–H groups in total. The van der Waals surface area contributed by atoms with Crippen LogP contribution >= 0.6 is 0 Å². The highest BCUT2D eigenvalue weighted by Crippen LogP contribution is 2.26. The number of rotatable bonds is 4. The summed E-state index contributed by atoms with van der Waals surface area (Å²) in [7, 11) is -1.19. The molecule has 1 atom stereocenters. The predicted molar refractivity (Wildman–Crippen MR) is 88.1 cm³/mol. The third kappa shape index (κ3) is 3.25. The summed E-state index contributed by atoms with van der Waals surface area (Å²) in [5, 5.41) is 0. The zero-order chi connectivity index (χ0) is 14.8. The standard InChI is InChI=1S/C18H22OSi/c1-14(20(2,3)4)15-10-12-17(13-11-15)18(19)16-8-6-5-7-9-16/h5-14H,1-4H3. The lowest BCUT2D eigenvalue weighted by Crippen LogP contribution is -2.28. The first-order chi connectivity index (χ1) is 9.39. The maximum Gasteiger partial charge on any atom is 0.193 e. The van der Waals surface area contributed by atoms with E-state index in [9.17, 15) is 4.79 Å². The highest BCUT2D eigenvalue weighted by molar-refractivity contribution is 6.77. The maximum absolute atomic E-state index is 12.3. The summed E-state index contributed by atoms with van der Waals surface area (Å²) in [5.41, 5.74) is 3.46. The fourth-order valence-electron chi connectivity index (χ4n) is 2.18.